The number of amides is 1. The second kappa shape index (κ2) is 9.33. The molecule has 0 aliphatic carbocycles. The second-order valence-corrected chi connectivity index (χ2v) is 8.25. The van der Waals surface area contributed by atoms with E-state index in [2.05, 4.69) is 5.32 Å². The van der Waals surface area contributed by atoms with Crippen LogP contribution in [0.2, 0.25) is 0 Å². The summed E-state index contributed by atoms with van der Waals surface area (Å²) in [5, 5.41) is 8.10. The number of carbonyl (C=O) groups is 1. The van der Waals surface area contributed by atoms with Crippen LogP contribution in [-0.2, 0) is 21.3 Å². The highest BCUT2D eigenvalue weighted by atomic mass is 32.2. The van der Waals surface area contributed by atoms with E-state index in [1.54, 1.807) is 31.4 Å². The first-order valence-corrected chi connectivity index (χ1v) is 10.9. The third-order valence-electron chi connectivity index (χ3n) is 4.83. The van der Waals surface area contributed by atoms with Crippen molar-refractivity contribution in [1.82, 2.24) is 5.32 Å². The molecule has 1 saturated heterocycles. The standard InChI is InChI=1S/C20H25N3O6S/c1-27-15-4-3-14(19(11-15)28-2)13-22-20(24)17-12-16(30(21,25)26)5-6-18(17)23-7-9-29-10-8-23/h3-6,11-12H,7-10,13H2,1-2H3,(H,22,24)(H2,21,25,26). The normalized spacial score (nSPS) is 14.3. The van der Waals surface area contributed by atoms with Crippen LogP contribution in [0.15, 0.2) is 41.3 Å². The topological polar surface area (TPSA) is 120 Å². The van der Waals surface area contributed by atoms with Gasteiger partial charge in [0.1, 0.15) is 11.5 Å². The Bertz CT molecular complexity index is 1020. The maximum absolute atomic E-state index is 13.0. The average Bonchev–Trinajstić information content (AvgIpc) is 2.76. The van der Waals surface area contributed by atoms with E-state index in [1.165, 1.54) is 19.2 Å². The highest BCUT2D eigenvalue weighted by molar-refractivity contribution is 7.89. The first-order valence-electron chi connectivity index (χ1n) is 9.32. The molecule has 0 radical (unpaired) electrons. The number of morpholine rings is 1. The third kappa shape index (κ3) is 5.02. The number of hydrogen-bond acceptors (Lipinski definition) is 7. The van der Waals surface area contributed by atoms with Crippen molar-refractivity contribution in [3.8, 4) is 11.5 Å². The number of benzene rings is 2. The lowest BCUT2D eigenvalue weighted by molar-refractivity contribution is 0.0949. The number of methoxy groups -OCH3 is 2. The summed E-state index contributed by atoms with van der Waals surface area (Å²) in [6.45, 7) is 2.44. The van der Waals surface area contributed by atoms with Gasteiger partial charge in [0.05, 0.1) is 37.9 Å². The molecule has 0 saturated carbocycles. The largest absolute Gasteiger partial charge is 0.497 e. The predicted molar refractivity (Wildman–Crippen MR) is 112 cm³/mol. The van der Waals surface area contributed by atoms with Gasteiger partial charge < -0.3 is 24.4 Å². The van der Waals surface area contributed by atoms with Crippen molar-refractivity contribution in [2.24, 2.45) is 5.14 Å². The number of carbonyl (C=O) groups excluding carboxylic acids is 1. The summed E-state index contributed by atoms with van der Waals surface area (Å²) in [5.74, 6) is 0.790. The Morgan fingerprint density at radius 2 is 1.87 bits per heavy atom. The molecule has 0 spiro atoms. The molecule has 0 unspecified atom stereocenters. The molecule has 1 fully saturated rings. The van der Waals surface area contributed by atoms with Crippen molar-refractivity contribution in [2.45, 2.75) is 11.4 Å². The molecule has 2 aromatic carbocycles. The zero-order chi connectivity index (χ0) is 21.7. The van der Waals surface area contributed by atoms with E-state index in [0.29, 0.717) is 43.5 Å². The molecule has 9 nitrogen and oxygen atoms in total. The number of nitrogens with two attached hydrogens (primary N) is 1. The van der Waals surface area contributed by atoms with Crippen LogP contribution in [0, 0.1) is 0 Å². The number of ether oxygens (including phenoxy) is 3. The van der Waals surface area contributed by atoms with Crippen LogP contribution in [0.4, 0.5) is 5.69 Å². The molecule has 0 aromatic heterocycles. The van der Waals surface area contributed by atoms with Crippen LogP contribution in [0.25, 0.3) is 0 Å². The van der Waals surface area contributed by atoms with Crippen LogP contribution >= 0.6 is 0 Å². The van der Waals surface area contributed by atoms with Gasteiger partial charge in [0, 0.05) is 37.0 Å². The van der Waals surface area contributed by atoms with E-state index in [0.717, 1.165) is 5.56 Å². The Labute approximate surface area is 175 Å². The number of hydrogen-bond donors (Lipinski definition) is 2. The van der Waals surface area contributed by atoms with E-state index in [9.17, 15) is 13.2 Å². The van der Waals surface area contributed by atoms with Gasteiger partial charge in [0.2, 0.25) is 10.0 Å². The average molecular weight is 436 g/mol. The Hall–Kier alpha value is -2.82. The summed E-state index contributed by atoms with van der Waals surface area (Å²) in [4.78, 5) is 14.9. The van der Waals surface area contributed by atoms with Gasteiger partial charge in [0.15, 0.2) is 0 Å². The molecule has 0 bridgehead atoms. The number of nitrogens with zero attached hydrogens (tertiary/aromatic N) is 1. The molecule has 2 aromatic rings. The van der Waals surface area contributed by atoms with Crippen LogP contribution in [-0.4, -0.2) is 54.8 Å². The van der Waals surface area contributed by atoms with Crippen LogP contribution in [0.1, 0.15) is 15.9 Å². The molecule has 1 heterocycles. The quantitative estimate of drug-likeness (QED) is 0.669. The Kier molecular flexibility index (Phi) is 6.80. The first-order chi connectivity index (χ1) is 14.3. The maximum Gasteiger partial charge on any atom is 0.253 e. The van der Waals surface area contributed by atoms with Crippen molar-refractivity contribution < 1.29 is 27.4 Å². The first kappa shape index (κ1) is 21.9. The zero-order valence-electron chi connectivity index (χ0n) is 16.9. The van der Waals surface area contributed by atoms with Crippen LogP contribution in [0.3, 0.4) is 0 Å². The zero-order valence-corrected chi connectivity index (χ0v) is 17.7. The summed E-state index contributed by atoms with van der Waals surface area (Å²) in [5.41, 5.74) is 1.61. The van der Waals surface area contributed by atoms with Crippen LogP contribution < -0.4 is 24.8 Å². The molecule has 0 atom stereocenters. The number of nitrogens with one attached hydrogen (secondary N) is 1. The van der Waals surface area contributed by atoms with Gasteiger partial charge in [-0.1, -0.05) is 0 Å². The monoisotopic (exact) mass is 435 g/mol. The predicted octanol–water partition coefficient (Wildman–Crippen LogP) is 1.12. The SMILES string of the molecule is COc1ccc(CNC(=O)c2cc(S(N)(=O)=O)ccc2N2CCOCC2)c(OC)c1. The molecule has 3 rings (SSSR count). The highest BCUT2D eigenvalue weighted by Gasteiger charge is 2.22. The lowest BCUT2D eigenvalue weighted by Gasteiger charge is -2.30. The molecule has 3 N–H and O–H groups in total. The Morgan fingerprint density at radius 1 is 1.13 bits per heavy atom. The minimum absolute atomic E-state index is 0.119. The van der Waals surface area contributed by atoms with E-state index in [4.69, 9.17) is 19.3 Å². The van der Waals surface area contributed by atoms with Gasteiger partial charge in [-0.15, -0.1) is 0 Å². The van der Waals surface area contributed by atoms with Gasteiger partial charge in [-0.2, -0.15) is 0 Å². The summed E-state index contributed by atoms with van der Waals surface area (Å²) < 4.78 is 39.5. The van der Waals surface area contributed by atoms with Crippen molar-refractivity contribution in [2.75, 3.05) is 45.4 Å². The van der Waals surface area contributed by atoms with Crippen LogP contribution in [0.5, 0.6) is 11.5 Å². The molecule has 30 heavy (non-hydrogen) atoms. The van der Waals surface area contributed by atoms with Crippen molar-refractivity contribution >= 4 is 21.6 Å². The van der Waals surface area contributed by atoms with Gasteiger partial charge in [-0.05, 0) is 30.3 Å². The maximum atomic E-state index is 13.0. The van der Waals surface area contributed by atoms with Gasteiger partial charge in [-0.25, -0.2) is 13.6 Å². The Morgan fingerprint density at radius 3 is 2.50 bits per heavy atom. The fourth-order valence-electron chi connectivity index (χ4n) is 3.22. The van der Waals surface area contributed by atoms with Gasteiger partial charge in [-0.3, -0.25) is 4.79 Å². The Balaban J connectivity index is 1.88. The van der Waals surface area contributed by atoms with E-state index < -0.39 is 15.9 Å². The molecule has 1 amide bonds. The van der Waals surface area contributed by atoms with Gasteiger partial charge in [0.25, 0.3) is 5.91 Å². The number of primary sulfonamides is 1. The van der Waals surface area contributed by atoms with E-state index in [-0.39, 0.29) is 17.0 Å². The molecule has 10 heteroatoms. The fourth-order valence-corrected chi connectivity index (χ4v) is 3.76. The molecular weight excluding hydrogens is 410 g/mol. The van der Waals surface area contributed by atoms with Crippen molar-refractivity contribution in [1.29, 1.82) is 0 Å². The summed E-state index contributed by atoms with van der Waals surface area (Å²) in [6.07, 6.45) is 0. The summed E-state index contributed by atoms with van der Waals surface area (Å²) in [6, 6.07) is 9.60. The molecular formula is C20H25N3O6S. The minimum Gasteiger partial charge on any atom is -0.497 e. The minimum atomic E-state index is -3.95. The number of sulfonamides is 1. The molecule has 1 aliphatic heterocycles. The molecule has 1 aliphatic rings. The summed E-state index contributed by atoms with van der Waals surface area (Å²) in [7, 11) is -0.858. The van der Waals surface area contributed by atoms with Crippen molar-refractivity contribution in [3.63, 3.8) is 0 Å². The number of anilines is 1. The lowest BCUT2D eigenvalue weighted by atomic mass is 10.1. The third-order valence-corrected chi connectivity index (χ3v) is 5.74. The van der Waals surface area contributed by atoms with Gasteiger partial charge >= 0.3 is 0 Å². The summed E-state index contributed by atoms with van der Waals surface area (Å²) >= 11 is 0. The van der Waals surface area contributed by atoms with E-state index >= 15 is 0 Å². The van der Waals surface area contributed by atoms with E-state index in [1.807, 2.05) is 4.90 Å². The molecule has 162 valence electrons. The second-order valence-electron chi connectivity index (χ2n) is 6.68. The smallest absolute Gasteiger partial charge is 0.253 e. The lowest BCUT2D eigenvalue weighted by Crippen LogP contribution is -2.38. The highest BCUT2D eigenvalue weighted by Crippen LogP contribution is 2.27. The fraction of sp³-hybridized carbons (Fsp3) is 0.350. The number of rotatable bonds is 7. The van der Waals surface area contributed by atoms with Crippen molar-refractivity contribution in [3.05, 3.63) is 47.5 Å².